The van der Waals surface area contributed by atoms with Gasteiger partial charge in [0.15, 0.2) is 11.6 Å². The van der Waals surface area contributed by atoms with E-state index in [2.05, 4.69) is 25.8 Å². The fourth-order valence-corrected chi connectivity index (χ4v) is 2.59. The van der Waals surface area contributed by atoms with Gasteiger partial charge in [-0.15, -0.1) is 10.2 Å². The number of aromatic nitrogens is 3. The van der Waals surface area contributed by atoms with Crippen LogP contribution < -0.4 is 10.6 Å². The summed E-state index contributed by atoms with van der Waals surface area (Å²) >= 11 is 0. The maximum Gasteiger partial charge on any atom is 0.191 e. The molecule has 0 fully saturated rings. The molecule has 0 unspecified atom stereocenters. The first kappa shape index (κ1) is 16.9. The zero-order chi connectivity index (χ0) is 17.5. The molecule has 6 nitrogen and oxygen atoms in total. The van der Waals surface area contributed by atoms with Crippen molar-refractivity contribution < 1.29 is 4.39 Å². The van der Waals surface area contributed by atoms with Gasteiger partial charge in [0, 0.05) is 32.8 Å². The number of halogens is 1. The number of nitrogens with zero attached hydrogens (tertiary/aromatic N) is 4. The van der Waals surface area contributed by atoms with Gasteiger partial charge < -0.3 is 10.6 Å². The van der Waals surface area contributed by atoms with E-state index in [4.69, 9.17) is 0 Å². The van der Waals surface area contributed by atoms with Crippen LogP contribution in [0.3, 0.4) is 0 Å². The summed E-state index contributed by atoms with van der Waals surface area (Å²) in [4.78, 5) is 4.18. The quantitative estimate of drug-likeness (QED) is 0.531. The molecule has 0 aliphatic rings. The molecule has 3 aromatic rings. The highest BCUT2D eigenvalue weighted by Crippen LogP contribution is 2.06. The molecule has 0 aliphatic carbocycles. The number of pyridine rings is 1. The van der Waals surface area contributed by atoms with Crippen LogP contribution in [-0.4, -0.2) is 40.7 Å². The second-order valence-electron chi connectivity index (χ2n) is 5.56. The van der Waals surface area contributed by atoms with E-state index in [0.717, 1.165) is 17.9 Å². The summed E-state index contributed by atoms with van der Waals surface area (Å²) in [6.07, 6.45) is 3.27. The number of benzene rings is 1. The summed E-state index contributed by atoms with van der Waals surface area (Å²) in [5.74, 6) is 1.40. The number of aliphatic imine (C=N–C) groups is 1. The van der Waals surface area contributed by atoms with E-state index in [1.54, 1.807) is 19.2 Å². The fraction of sp³-hybridized carbons (Fsp3) is 0.278. The molecule has 0 amide bonds. The van der Waals surface area contributed by atoms with Crippen LogP contribution in [0.2, 0.25) is 0 Å². The Morgan fingerprint density at radius 1 is 1.04 bits per heavy atom. The zero-order valence-electron chi connectivity index (χ0n) is 14.1. The van der Waals surface area contributed by atoms with Gasteiger partial charge in [0.05, 0.1) is 0 Å². The van der Waals surface area contributed by atoms with Gasteiger partial charge in [-0.05, 0) is 30.2 Å². The SMILES string of the molecule is CN=C(NCCc1ccccc1F)NCCc1nnc2ccccn12. The molecule has 2 heterocycles. The highest BCUT2D eigenvalue weighted by Gasteiger charge is 2.05. The lowest BCUT2D eigenvalue weighted by molar-refractivity contribution is 0.606. The number of guanidine groups is 1. The Kier molecular flexibility index (Phi) is 5.56. The molecule has 0 radical (unpaired) electrons. The van der Waals surface area contributed by atoms with Crippen LogP contribution in [0.15, 0.2) is 53.7 Å². The van der Waals surface area contributed by atoms with Gasteiger partial charge in [0.25, 0.3) is 0 Å². The molecule has 130 valence electrons. The average Bonchev–Trinajstić information content (AvgIpc) is 3.05. The topological polar surface area (TPSA) is 66.6 Å². The van der Waals surface area contributed by atoms with Crippen molar-refractivity contribution in [3.8, 4) is 0 Å². The smallest absolute Gasteiger partial charge is 0.191 e. The molecule has 0 saturated heterocycles. The maximum atomic E-state index is 13.6. The monoisotopic (exact) mass is 340 g/mol. The van der Waals surface area contributed by atoms with E-state index >= 15 is 0 Å². The van der Waals surface area contributed by atoms with Gasteiger partial charge in [-0.25, -0.2) is 4.39 Å². The highest BCUT2D eigenvalue weighted by molar-refractivity contribution is 5.79. The molecule has 0 atom stereocenters. The second-order valence-corrected chi connectivity index (χ2v) is 5.56. The predicted octanol–water partition coefficient (Wildman–Crippen LogP) is 1.82. The molecule has 0 aliphatic heterocycles. The number of fused-ring (bicyclic) bond motifs is 1. The van der Waals surface area contributed by atoms with E-state index in [1.807, 2.05) is 34.9 Å². The van der Waals surface area contributed by atoms with E-state index in [9.17, 15) is 4.39 Å². The van der Waals surface area contributed by atoms with Crippen molar-refractivity contribution in [2.24, 2.45) is 4.99 Å². The summed E-state index contributed by atoms with van der Waals surface area (Å²) < 4.78 is 15.6. The number of hydrogen-bond donors (Lipinski definition) is 2. The van der Waals surface area contributed by atoms with Crippen molar-refractivity contribution in [2.75, 3.05) is 20.1 Å². The van der Waals surface area contributed by atoms with E-state index in [0.29, 0.717) is 31.0 Å². The number of rotatable bonds is 6. The van der Waals surface area contributed by atoms with Gasteiger partial charge in [0.2, 0.25) is 0 Å². The average molecular weight is 340 g/mol. The lowest BCUT2D eigenvalue weighted by Crippen LogP contribution is -2.39. The molecule has 1 aromatic carbocycles. The summed E-state index contributed by atoms with van der Waals surface area (Å²) in [6, 6.07) is 12.6. The Morgan fingerprint density at radius 3 is 2.60 bits per heavy atom. The Bertz CT molecular complexity index is 857. The van der Waals surface area contributed by atoms with Crippen LogP contribution in [0, 0.1) is 5.82 Å². The van der Waals surface area contributed by atoms with Gasteiger partial charge in [-0.3, -0.25) is 9.39 Å². The van der Waals surface area contributed by atoms with Crippen LogP contribution >= 0.6 is 0 Å². The van der Waals surface area contributed by atoms with Crippen molar-refractivity contribution in [1.82, 2.24) is 25.2 Å². The molecule has 25 heavy (non-hydrogen) atoms. The van der Waals surface area contributed by atoms with E-state index in [-0.39, 0.29) is 5.82 Å². The number of nitrogens with one attached hydrogen (secondary N) is 2. The number of hydrogen-bond acceptors (Lipinski definition) is 3. The fourth-order valence-electron chi connectivity index (χ4n) is 2.59. The van der Waals surface area contributed by atoms with Gasteiger partial charge in [-0.1, -0.05) is 24.3 Å². The largest absolute Gasteiger partial charge is 0.356 e. The third-order valence-electron chi connectivity index (χ3n) is 3.89. The molecule has 0 bridgehead atoms. The summed E-state index contributed by atoms with van der Waals surface area (Å²) in [5, 5.41) is 14.8. The van der Waals surface area contributed by atoms with Crippen LogP contribution in [0.4, 0.5) is 4.39 Å². The Labute approximate surface area is 145 Å². The summed E-state index contributed by atoms with van der Waals surface area (Å²) in [5.41, 5.74) is 1.53. The molecule has 0 saturated carbocycles. The molecule has 0 spiro atoms. The van der Waals surface area contributed by atoms with E-state index in [1.165, 1.54) is 6.07 Å². The zero-order valence-corrected chi connectivity index (χ0v) is 14.1. The minimum absolute atomic E-state index is 0.175. The van der Waals surface area contributed by atoms with Crippen molar-refractivity contribution >= 4 is 11.6 Å². The third-order valence-corrected chi connectivity index (χ3v) is 3.89. The third kappa shape index (κ3) is 4.32. The van der Waals surface area contributed by atoms with Crippen LogP contribution in [-0.2, 0) is 12.8 Å². The second kappa shape index (κ2) is 8.23. The minimum Gasteiger partial charge on any atom is -0.356 e. The van der Waals surface area contributed by atoms with E-state index < -0.39 is 0 Å². The molecule has 2 aromatic heterocycles. The Morgan fingerprint density at radius 2 is 1.80 bits per heavy atom. The van der Waals surface area contributed by atoms with Gasteiger partial charge in [0.1, 0.15) is 11.6 Å². The summed E-state index contributed by atoms with van der Waals surface area (Å²) in [7, 11) is 1.71. The van der Waals surface area contributed by atoms with Crippen molar-refractivity contribution in [3.05, 3.63) is 65.9 Å². The Balaban J connectivity index is 1.46. The van der Waals surface area contributed by atoms with Crippen molar-refractivity contribution in [1.29, 1.82) is 0 Å². The molecular weight excluding hydrogens is 319 g/mol. The molecule has 3 rings (SSSR count). The van der Waals surface area contributed by atoms with Crippen molar-refractivity contribution in [3.63, 3.8) is 0 Å². The lowest BCUT2D eigenvalue weighted by Gasteiger charge is -2.11. The first-order valence-electron chi connectivity index (χ1n) is 8.24. The van der Waals surface area contributed by atoms with Gasteiger partial charge >= 0.3 is 0 Å². The van der Waals surface area contributed by atoms with Gasteiger partial charge in [-0.2, -0.15) is 0 Å². The standard InChI is InChI=1S/C18H21FN6/c1-20-18(21-11-9-14-6-2-3-7-15(14)19)22-12-10-17-24-23-16-8-4-5-13-25(16)17/h2-8,13H,9-12H2,1H3,(H2,20,21,22). The van der Waals surface area contributed by atoms with Crippen molar-refractivity contribution in [2.45, 2.75) is 12.8 Å². The minimum atomic E-state index is -0.175. The lowest BCUT2D eigenvalue weighted by atomic mass is 10.1. The van der Waals surface area contributed by atoms with Crippen LogP contribution in [0.25, 0.3) is 5.65 Å². The maximum absolute atomic E-state index is 13.6. The summed E-state index contributed by atoms with van der Waals surface area (Å²) in [6.45, 7) is 1.28. The molecular formula is C18H21FN6. The molecule has 7 heteroatoms. The normalized spacial score (nSPS) is 11.7. The van der Waals surface area contributed by atoms with Crippen LogP contribution in [0.5, 0.6) is 0 Å². The first-order chi connectivity index (χ1) is 12.3. The molecule has 2 N–H and O–H groups in total. The first-order valence-corrected chi connectivity index (χ1v) is 8.24. The highest BCUT2D eigenvalue weighted by atomic mass is 19.1. The predicted molar refractivity (Wildman–Crippen MR) is 96.2 cm³/mol. The Hall–Kier alpha value is -2.96. The van der Waals surface area contributed by atoms with Crippen LogP contribution in [0.1, 0.15) is 11.4 Å².